The second kappa shape index (κ2) is 8.19. The van der Waals surface area contributed by atoms with E-state index in [9.17, 15) is 9.59 Å². The van der Waals surface area contributed by atoms with E-state index in [-0.39, 0.29) is 23.3 Å². The Morgan fingerprint density at radius 3 is 2.69 bits per heavy atom. The molecule has 4 rings (SSSR count). The maximum atomic E-state index is 12.8. The lowest BCUT2D eigenvalue weighted by Gasteiger charge is -2.34. The summed E-state index contributed by atoms with van der Waals surface area (Å²) in [6.07, 6.45) is 3.44. The number of nitrogens with zero attached hydrogens (tertiary/aromatic N) is 2. The normalized spacial score (nSPS) is 22.1. The van der Waals surface area contributed by atoms with Crippen molar-refractivity contribution in [3.8, 4) is 0 Å². The van der Waals surface area contributed by atoms with Gasteiger partial charge in [-0.1, -0.05) is 62.7 Å². The Hall–Kier alpha value is -2.34. The average molecular weight is 410 g/mol. The monoisotopic (exact) mass is 409 g/mol. The molecule has 1 fully saturated rings. The molecule has 0 aliphatic heterocycles. The highest BCUT2D eigenvalue weighted by Crippen LogP contribution is 2.29. The molecule has 152 valence electrons. The van der Waals surface area contributed by atoms with Crippen LogP contribution in [0.25, 0.3) is 21.7 Å². The van der Waals surface area contributed by atoms with Crippen LogP contribution in [0, 0.1) is 11.8 Å². The first-order chi connectivity index (χ1) is 13.9. The highest BCUT2D eigenvalue weighted by molar-refractivity contribution is 7.99. The lowest BCUT2D eigenvalue weighted by Crippen LogP contribution is -2.44. The molecule has 1 amide bonds. The molecular formula is C23H27N3O2S. The van der Waals surface area contributed by atoms with Crippen molar-refractivity contribution in [3.05, 3.63) is 46.8 Å². The van der Waals surface area contributed by atoms with E-state index in [1.807, 2.05) is 36.4 Å². The van der Waals surface area contributed by atoms with Gasteiger partial charge in [0.1, 0.15) is 0 Å². The number of rotatable bonds is 4. The second-order valence-electron chi connectivity index (χ2n) is 8.21. The van der Waals surface area contributed by atoms with Crippen LogP contribution >= 0.6 is 11.8 Å². The van der Waals surface area contributed by atoms with Crippen LogP contribution in [0.2, 0.25) is 0 Å². The van der Waals surface area contributed by atoms with Crippen LogP contribution in [0.15, 0.2) is 46.3 Å². The van der Waals surface area contributed by atoms with Gasteiger partial charge in [0, 0.05) is 13.1 Å². The van der Waals surface area contributed by atoms with E-state index in [1.165, 1.54) is 18.2 Å². The number of carbonyl (C=O) groups is 1. The summed E-state index contributed by atoms with van der Waals surface area (Å²) in [6, 6.07) is 12.0. The third-order valence-electron chi connectivity index (χ3n) is 6.29. The molecule has 0 bridgehead atoms. The van der Waals surface area contributed by atoms with Gasteiger partial charge in [0.2, 0.25) is 5.91 Å². The predicted octanol–water partition coefficient (Wildman–Crippen LogP) is 4.12. The third-order valence-corrected chi connectivity index (χ3v) is 7.32. The summed E-state index contributed by atoms with van der Waals surface area (Å²) >= 11 is 1.32. The van der Waals surface area contributed by atoms with Crippen molar-refractivity contribution in [1.29, 1.82) is 0 Å². The van der Waals surface area contributed by atoms with Crippen LogP contribution in [-0.4, -0.2) is 27.3 Å². The van der Waals surface area contributed by atoms with Crippen molar-refractivity contribution in [3.63, 3.8) is 0 Å². The summed E-state index contributed by atoms with van der Waals surface area (Å²) in [5, 5.41) is 6.43. The van der Waals surface area contributed by atoms with Gasteiger partial charge in [0.15, 0.2) is 5.16 Å². The van der Waals surface area contributed by atoms with E-state index >= 15 is 0 Å². The van der Waals surface area contributed by atoms with Crippen LogP contribution in [-0.2, 0) is 11.8 Å². The minimum absolute atomic E-state index is 0.00815. The molecule has 1 aliphatic rings. The van der Waals surface area contributed by atoms with Gasteiger partial charge in [-0.3, -0.25) is 14.2 Å². The standard InChI is InChI=1S/C23H27N3O2S/c1-14-7-6-10-19(15(14)2)24-21(27)13-29-23-25-20-12-17-9-5-4-8-16(17)11-18(20)22(28)26(23)3/h4-5,8-9,11-12,14-15,19H,6-7,10,13H2,1-3H3,(H,24,27)/t14-,15-,19+/m1/s1. The number of benzene rings is 2. The number of hydrogen-bond donors (Lipinski definition) is 1. The number of carbonyl (C=O) groups excluding carboxylic acids is 1. The van der Waals surface area contributed by atoms with Gasteiger partial charge in [-0.2, -0.15) is 0 Å². The highest BCUT2D eigenvalue weighted by atomic mass is 32.2. The molecular weight excluding hydrogens is 382 g/mol. The lowest BCUT2D eigenvalue weighted by molar-refractivity contribution is -0.120. The number of fused-ring (bicyclic) bond motifs is 2. The fourth-order valence-electron chi connectivity index (χ4n) is 4.23. The Labute approximate surface area is 174 Å². The zero-order chi connectivity index (χ0) is 20.5. The number of thioether (sulfide) groups is 1. The van der Waals surface area contributed by atoms with Crippen molar-refractivity contribution in [2.45, 2.75) is 44.3 Å². The first kappa shape index (κ1) is 20.0. The molecule has 1 N–H and O–H groups in total. The topological polar surface area (TPSA) is 64.0 Å². The SMILES string of the molecule is C[C@@H]1[C@H](C)CCC[C@@H]1NC(=O)CSc1nc2cc3ccccc3cc2c(=O)n1C. The molecule has 1 aliphatic carbocycles. The summed E-state index contributed by atoms with van der Waals surface area (Å²) in [5.41, 5.74) is 0.586. The van der Waals surface area contributed by atoms with Gasteiger partial charge in [-0.05, 0) is 41.2 Å². The molecule has 0 radical (unpaired) electrons. The summed E-state index contributed by atoms with van der Waals surface area (Å²) < 4.78 is 1.54. The molecule has 3 atom stereocenters. The third kappa shape index (κ3) is 4.04. The van der Waals surface area contributed by atoms with Gasteiger partial charge < -0.3 is 5.32 Å². The van der Waals surface area contributed by atoms with Crippen molar-refractivity contribution in [2.75, 3.05) is 5.75 Å². The molecule has 1 heterocycles. The minimum Gasteiger partial charge on any atom is -0.352 e. The average Bonchev–Trinajstić information content (AvgIpc) is 2.72. The number of aromatic nitrogens is 2. The molecule has 6 heteroatoms. The Kier molecular flexibility index (Phi) is 5.63. The van der Waals surface area contributed by atoms with Gasteiger partial charge >= 0.3 is 0 Å². The molecule has 3 aromatic rings. The van der Waals surface area contributed by atoms with Crippen LogP contribution in [0.5, 0.6) is 0 Å². The van der Waals surface area contributed by atoms with Gasteiger partial charge in [-0.25, -0.2) is 4.98 Å². The molecule has 1 saturated carbocycles. The van der Waals surface area contributed by atoms with Gasteiger partial charge in [-0.15, -0.1) is 0 Å². The van der Waals surface area contributed by atoms with E-state index in [1.54, 1.807) is 11.6 Å². The second-order valence-corrected chi connectivity index (χ2v) is 9.15. The maximum Gasteiger partial charge on any atom is 0.261 e. The largest absolute Gasteiger partial charge is 0.352 e. The molecule has 0 unspecified atom stereocenters. The van der Waals surface area contributed by atoms with Crippen molar-refractivity contribution in [1.82, 2.24) is 14.9 Å². The summed E-state index contributed by atoms with van der Waals surface area (Å²) in [6.45, 7) is 4.48. The molecule has 2 aromatic carbocycles. The van der Waals surface area contributed by atoms with E-state index in [4.69, 9.17) is 0 Å². The van der Waals surface area contributed by atoms with Crippen LogP contribution in [0.1, 0.15) is 33.1 Å². The smallest absolute Gasteiger partial charge is 0.261 e. The Bertz CT molecular complexity index is 1120. The summed E-state index contributed by atoms with van der Waals surface area (Å²) in [5.74, 6) is 1.40. The lowest BCUT2D eigenvalue weighted by atomic mass is 9.78. The minimum atomic E-state index is -0.0848. The Morgan fingerprint density at radius 2 is 1.93 bits per heavy atom. The highest BCUT2D eigenvalue weighted by Gasteiger charge is 2.28. The molecule has 29 heavy (non-hydrogen) atoms. The quantitative estimate of drug-likeness (QED) is 0.400. The van der Waals surface area contributed by atoms with Crippen LogP contribution in [0.4, 0.5) is 0 Å². The predicted molar refractivity (Wildman–Crippen MR) is 119 cm³/mol. The zero-order valence-electron chi connectivity index (χ0n) is 17.1. The number of hydrogen-bond acceptors (Lipinski definition) is 4. The zero-order valence-corrected chi connectivity index (χ0v) is 18.0. The fraction of sp³-hybridized carbons (Fsp3) is 0.435. The molecule has 0 saturated heterocycles. The van der Waals surface area contributed by atoms with E-state index in [0.29, 0.717) is 27.9 Å². The van der Waals surface area contributed by atoms with E-state index in [0.717, 1.165) is 23.6 Å². The first-order valence-electron chi connectivity index (χ1n) is 10.3. The maximum absolute atomic E-state index is 12.8. The van der Waals surface area contributed by atoms with E-state index < -0.39 is 0 Å². The summed E-state index contributed by atoms with van der Waals surface area (Å²) in [4.78, 5) is 30.0. The molecule has 1 aromatic heterocycles. The number of amides is 1. The molecule has 0 spiro atoms. The van der Waals surface area contributed by atoms with Crippen molar-refractivity contribution < 1.29 is 4.79 Å². The molecule has 5 nitrogen and oxygen atoms in total. The number of nitrogens with one attached hydrogen (secondary N) is 1. The Morgan fingerprint density at radius 1 is 1.21 bits per heavy atom. The fourth-order valence-corrected chi connectivity index (χ4v) is 5.01. The summed E-state index contributed by atoms with van der Waals surface area (Å²) in [7, 11) is 1.72. The van der Waals surface area contributed by atoms with Gasteiger partial charge in [0.05, 0.1) is 16.7 Å². The van der Waals surface area contributed by atoms with Crippen molar-refractivity contribution in [2.24, 2.45) is 18.9 Å². The van der Waals surface area contributed by atoms with Crippen LogP contribution in [0.3, 0.4) is 0 Å². The first-order valence-corrected chi connectivity index (χ1v) is 11.2. The van der Waals surface area contributed by atoms with Crippen LogP contribution < -0.4 is 10.9 Å². The Balaban J connectivity index is 1.53. The van der Waals surface area contributed by atoms with Gasteiger partial charge in [0.25, 0.3) is 5.56 Å². The van der Waals surface area contributed by atoms with E-state index in [2.05, 4.69) is 24.1 Å². The van der Waals surface area contributed by atoms with Crippen molar-refractivity contribution >= 4 is 39.3 Å².